The van der Waals surface area contributed by atoms with Gasteiger partial charge in [0.2, 0.25) is 10.0 Å². The lowest BCUT2D eigenvalue weighted by atomic mass is 10.4. The van der Waals surface area contributed by atoms with E-state index in [9.17, 15) is 13.2 Å². The summed E-state index contributed by atoms with van der Waals surface area (Å²) < 4.78 is 30.8. The average molecular weight is 375 g/mol. The molecule has 5 nitrogen and oxygen atoms in total. The van der Waals surface area contributed by atoms with Crippen molar-refractivity contribution in [3.8, 4) is 0 Å². The van der Waals surface area contributed by atoms with Crippen molar-refractivity contribution in [2.75, 3.05) is 20.2 Å². The standard InChI is InChI=1S/C12H14Cl3NO4S/c1-3-16(5-4-11(17)20-2)21(18,19)12-9(14)6-8(13)7-10(12)15/h6-7H,3-5H2,1-2H3. The fraction of sp³-hybridized carbons (Fsp3) is 0.417. The molecule has 118 valence electrons. The number of carbonyl (C=O) groups excluding carboxylic acids is 1. The Labute approximate surface area is 138 Å². The van der Waals surface area contributed by atoms with Gasteiger partial charge in [-0.2, -0.15) is 4.31 Å². The van der Waals surface area contributed by atoms with Crippen LogP contribution in [0.1, 0.15) is 13.3 Å². The Balaban J connectivity index is 3.16. The van der Waals surface area contributed by atoms with E-state index in [4.69, 9.17) is 34.8 Å². The van der Waals surface area contributed by atoms with Gasteiger partial charge in [-0.15, -0.1) is 0 Å². The maximum absolute atomic E-state index is 12.6. The number of halogens is 3. The summed E-state index contributed by atoms with van der Waals surface area (Å²) in [5, 5.41) is 0.106. The van der Waals surface area contributed by atoms with Crippen LogP contribution in [0.3, 0.4) is 0 Å². The third kappa shape index (κ3) is 4.47. The van der Waals surface area contributed by atoms with Gasteiger partial charge in [0, 0.05) is 18.1 Å². The van der Waals surface area contributed by atoms with Gasteiger partial charge in [-0.3, -0.25) is 4.79 Å². The van der Waals surface area contributed by atoms with Crippen LogP contribution in [0, 0.1) is 0 Å². The van der Waals surface area contributed by atoms with Crippen LogP contribution in [0.15, 0.2) is 17.0 Å². The molecular formula is C12H14Cl3NO4S. The minimum Gasteiger partial charge on any atom is -0.469 e. The Hall–Kier alpha value is -0.530. The lowest BCUT2D eigenvalue weighted by Crippen LogP contribution is -2.33. The number of ether oxygens (including phenoxy) is 1. The van der Waals surface area contributed by atoms with Crippen LogP contribution in [-0.2, 0) is 19.6 Å². The minimum absolute atomic E-state index is 0.0270. The fourth-order valence-corrected chi connectivity index (χ4v) is 4.61. The molecule has 0 atom stereocenters. The molecule has 0 radical (unpaired) electrons. The van der Waals surface area contributed by atoms with E-state index >= 15 is 0 Å². The first-order valence-electron chi connectivity index (χ1n) is 5.95. The molecule has 1 aromatic rings. The molecule has 21 heavy (non-hydrogen) atoms. The van der Waals surface area contributed by atoms with E-state index in [0.29, 0.717) is 0 Å². The predicted octanol–water partition coefficient (Wildman–Crippen LogP) is 3.22. The normalized spacial score (nSPS) is 11.7. The Morgan fingerprint density at radius 1 is 1.24 bits per heavy atom. The second-order valence-electron chi connectivity index (χ2n) is 4.02. The van der Waals surface area contributed by atoms with Crippen molar-refractivity contribution in [3.63, 3.8) is 0 Å². The molecule has 9 heteroatoms. The number of esters is 1. The maximum Gasteiger partial charge on any atom is 0.306 e. The maximum atomic E-state index is 12.6. The zero-order valence-electron chi connectivity index (χ0n) is 11.4. The van der Waals surface area contributed by atoms with Crippen LogP contribution >= 0.6 is 34.8 Å². The highest BCUT2D eigenvalue weighted by Gasteiger charge is 2.29. The molecule has 0 unspecified atom stereocenters. The highest BCUT2D eigenvalue weighted by atomic mass is 35.5. The summed E-state index contributed by atoms with van der Waals surface area (Å²) in [4.78, 5) is 10.9. The largest absolute Gasteiger partial charge is 0.469 e. The summed E-state index contributed by atoms with van der Waals surface area (Å²) in [5.41, 5.74) is 0. The van der Waals surface area contributed by atoms with Gasteiger partial charge >= 0.3 is 5.97 Å². The number of hydrogen-bond donors (Lipinski definition) is 0. The predicted molar refractivity (Wildman–Crippen MR) is 82.5 cm³/mol. The Morgan fingerprint density at radius 2 is 1.76 bits per heavy atom. The summed E-state index contributed by atoms with van der Waals surface area (Å²) in [6, 6.07) is 2.60. The number of nitrogens with zero attached hydrogens (tertiary/aromatic N) is 1. The van der Waals surface area contributed by atoms with Crippen LogP contribution in [0.25, 0.3) is 0 Å². The lowest BCUT2D eigenvalue weighted by molar-refractivity contribution is -0.140. The van der Waals surface area contributed by atoms with E-state index in [1.54, 1.807) is 6.92 Å². The topological polar surface area (TPSA) is 63.7 Å². The summed E-state index contributed by atoms with van der Waals surface area (Å²) in [7, 11) is -2.69. The van der Waals surface area contributed by atoms with E-state index in [-0.39, 0.29) is 39.5 Å². The molecule has 0 fully saturated rings. The summed E-state index contributed by atoms with van der Waals surface area (Å²) in [6.45, 7) is 1.78. The van der Waals surface area contributed by atoms with E-state index in [2.05, 4.69) is 4.74 Å². The van der Waals surface area contributed by atoms with Crippen molar-refractivity contribution in [1.29, 1.82) is 0 Å². The van der Waals surface area contributed by atoms with E-state index in [0.717, 1.165) is 4.31 Å². The number of hydrogen-bond acceptors (Lipinski definition) is 4. The molecule has 0 aliphatic rings. The van der Waals surface area contributed by atoms with Crippen LogP contribution in [0.4, 0.5) is 0 Å². The minimum atomic E-state index is -3.93. The van der Waals surface area contributed by atoms with Crippen molar-refractivity contribution in [3.05, 3.63) is 27.2 Å². The molecule has 0 spiro atoms. The molecule has 0 N–H and O–H groups in total. The van der Waals surface area contributed by atoms with E-state index in [1.165, 1.54) is 19.2 Å². The zero-order chi connectivity index (χ0) is 16.2. The summed E-state index contributed by atoms with van der Waals surface area (Å²) >= 11 is 17.7. The van der Waals surface area contributed by atoms with E-state index < -0.39 is 16.0 Å². The molecule has 0 amide bonds. The number of methoxy groups -OCH3 is 1. The van der Waals surface area contributed by atoms with Gasteiger partial charge in [-0.25, -0.2) is 8.42 Å². The van der Waals surface area contributed by atoms with Gasteiger partial charge in [-0.1, -0.05) is 41.7 Å². The molecule has 1 rings (SSSR count). The van der Waals surface area contributed by atoms with Crippen molar-refractivity contribution in [2.24, 2.45) is 0 Å². The third-order valence-corrected chi connectivity index (χ3v) is 5.82. The summed E-state index contributed by atoms with van der Waals surface area (Å²) in [5.74, 6) is -0.503. The summed E-state index contributed by atoms with van der Waals surface area (Å²) in [6.07, 6.45) is -0.0631. The van der Waals surface area contributed by atoms with Crippen LogP contribution in [0.5, 0.6) is 0 Å². The molecule has 0 saturated carbocycles. The van der Waals surface area contributed by atoms with Gasteiger partial charge in [0.15, 0.2) is 0 Å². The second-order valence-corrected chi connectivity index (χ2v) is 7.15. The number of sulfonamides is 1. The Bertz CT molecular complexity index is 610. The number of benzene rings is 1. The molecule has 0 aromatic heterocycles. The first kappa shape index (κ1) is 18.5. The molecule has 0 saturated heterocycles. The quantitative estimate of drug-likeness (QED) is 0.717. The molecular weight excluding hydrogens is 361 g/mol. The number of carbonyl (C=O) groups is 1. The highest BCUT2D eigenvalue weighted by Crippen LogP contribution is 2.34. The van der Waals surface area contributed by atoms with Gasteiger partial charge in [0.05, 0.1) is 23.6 Å². The number of rotatable bonds is 6. The Kier molecular flexibility index (Phi) is 6.74. The molecule has 1 aromatic carbocycles. The van der Waals surface area contributed by atoms with Crippen LogP contribution in [-0.4, -0.2) is 38.9 Å². The average Bonchev–Trinajstić information content (AvgIpc) is 2.36. The first-order valence-corrected chi connectivity index (χ1v) is 8.53. The van der Waals surface area contributed by atoms with Gasteiger partial charge in [0.25, 0.3) is 0 Å². The third-order valence-electron chi connectivity index (χ3n) is 2.71. The molecule has 0 aliphatic carbocycles. The zero-order valence-corrected chi connectivity index (χ0v) is 14.5. The second kappa shape index (κ2) is 7.65. The van der Waals surface area contributed by atoms with Crippen LogP contribution in [0.2, 0.25) is 15.1 Å². The molecule has 0 bridgehead atoms. The lowest BCUT2D eigenvalue weighted by Gasteiger charge is -2.21. The molecule has 0 heterocycles. The van der Waals surface area contributed by atoms with Crippen molar-refractivity contribution < 1.29 is 17.9 Å². The van der Waals surface area contributed by atoms with Gasteiger partial charge in [-0.05, 0) is 12.1 Å². The van der Waals surface area contributed by atoms with Crippen molar-refractivity contribution in [1.82, 2.24) is 4.31 Å². The molecule has 0 aliphatic heterocycles. The van der Waals surface area contributed by atoms with Gasteiger partial charge < -0.3 is 4.74 Å². The Morgan fingerprint density at radius 3 is 2.19 bits per heavy atom. The van der Waals surface area contributed by atoms with Crippen LogP contribution < -0.4 is 0 Å². The fourth-order valence-electron chi connectivity index (χ4n) is 1.67. The monoisotopic (exact) mass is 373 g/mol. The van der Waals surface area contributed by atoms with E-state index in [1.807, 2.05) is 0 Å². The van der Waals surface area contributed by atoms with Crippen molar-refractivity contribution >= 4 is 50.8 Å². The smallest absolute Gasteiger partial charge is 0.306 e. The van der Waals surface area contributed by atoms with Gasteiger partial charge in [0.1, 0.15) is 4.90 Å². The first-order chi connectivity index (χ1) is 9.73. The van der Waals surface area contributed by atoms with Crippen molar-refractivity contribution in [2.45, 2.75) is 18.2 Å². The SMILES string of the molecule is CCN(CCC(=O)OC)S(=O)(=O)c1c(Cl)cc(Cl)cc1Cl. The highest BCUT2D eigenvalue weighted by molar-refractivity contribution is 7.89.